The van der Waals surface area contributed by atoms with Crippen LogP contribution in [0.3, 0.4) is 0 Å². The van der Waals surface area contributed by atoms with Crippen molar-refractivity contribution < 1.29 is 8.78 Å². The molecule has 0 aliphatic rings. The predicted molar refractivity (Wildman–Crippen MR) is 63.9 cm³/mol. The number of benzene rings is 1. The standard InChI is InChI=1S/C14H20F2/c1-5-13(10(2)3)11-7-6-8-12(9-11)14(4,15)16/h6-10,13H,5H2,1-4H3. The summed E-state index contributed by atoms with van der Waals surface area (Å²) in [4.78, 5) is 0. The van der Waals surface area contributed by atoms with E-state index in [1.165, 1.54) is 6.07 Å². The van der Waals surface area contributed by atoms with E-state index in [1.807, 2.05) is 6.07 Å². The van der Waals surface area contributed by atoms with Gasteiger partial charge in [0.1, 0.15) is 0 Å². The smallest absolute Gasteiger partial charge is 0.202 e. The second-order valence-electron chi connectivity index (χ2n) is 4.77. The van der Waals surface area contributed by atoms with Crippen molar-refractivity contribution in [2.24, 2.45) is 5.92 Å². The Balaban J connectivity index is 3.07. The largest absolute Gasteiger partial charge is 0.270 e. The van der Waals surface area contributed by atoms with Crippen LogP contribution in [0, 0.1) is 5.92 Å². The van der Waals surface area contributed by atoms with Crippen molar-refractivity contribution in [3.63, 3.8) is 0 Å². The Morgan fingerprint density at radius 2 is 1.88 bits per heavy atom. The van der Waals surface area contributed by atoms with Crippen LogP contribution < -0.4 is 0 Å². The van der Waals surface area contributed by atoms with E-state index in [0.717, 1.165) is 18.9 Å². The number of halogens is 2. The van der Waals surface area contributed by atoms with Gasteiger partial charge in [0.05, 0.1) is 0 Å². The van der Waals surface area contributed by atoms with E-state index in [0.29, 0.717) is 11.8 Å². The molecule has 0 radical (unpaired) electrons. The molecule has 0 aliphatic carbocycles. The summed E-state index contributed by atoms with van der Waals surface area (Å²) in [7, 11) is 0. The molecule has 0 nitrogen and oxygen atoms in total. The quantitative estimate of drug-likeness (QED) is 0.681. The van der Waals surface area contributed by atoms with Crippen molar-refractivity contribution in [2.45, 2.75) is 46.0 Å². The minimum Gasteiger partial charge on any atom is -0.202 e. The van der Waals surface area contributed by atoms with Gasteiger partial charge in [-0.3, -0.25) is 0 Å². The Labute approximate surface area is 96.7 Å². The monoisotopic (exact) mass is 226 g/mol. The van der Waals surface area contributed by atoms with E-state index >= 15 is 0 Å². The fourth-order valence-corrected chi connectivity index (χ4v) is 2.13. The van der Waals surface area contributed by atoms with Crippen molar-refractivity contribution in [3.8, 4) is 0 Å². The SMILES string of the molecule is CCC(c1cccc(C(C)(F)F)c1)C(C)C. The molecule has 1 rings (SSSR count). The van der Waals surface area contributed by atoms with Crippen molar-refractivity contribution in [2.75, 3.05) is 0 Å². The summed E-state index contributed by atoms with van der Waals surface area (Å²) in [6.07, 6.45) is 0.983. The molecule has 16 heavy (non-hydrogen) atoms. The molecule has 0 aliphatic heterocycles. The molecule has 1 atom stereocenters. The van der Waals surface area contributed by atoms with Crippen molar-refractivity contribution in [3.05, 3.63) is 35.4 Å². The molecule has 0 spiro atoms. The Morgan fingerprint density at radius 1 is 1.25 bits per heavy atom. The second kappa shape index (κ2) is 4.94. The minimum atomic E-state index is -2.74. The third-order valence-electron chi connectivity index (χ3n) is 3.07. The summed E-state index contributed by atoms with van der Waals surface area (Å²) in [6.45, 7) is 7.31. The van der Waals surface area contributed by atoms with Gasteiger partial charge in [-0.2, -0.15) is 0 Å². The molecule has 1 aromatic carbocycles. The zero-order valence-electron chi connectivity index (χ0n) is 10.4. The molecule has 0 amide bonds. The molecule has 0 saturated heterocycles. The van der Waals surface area contributed by atoms with Gasteiger partial charge in [0, 0.05) is 12.5 Å². The average Bonchev–Trinajstić information content (AvgIpc) is 2.17. The fraction of sp³-hybridized carbons (Fsp3) is 0.571. The van der Waals surface area contributed by atoms with E-state index in [1.54, 1.807) is 12.1 Å². The second-order valence-corrected chi connectivity index (χ2v) is 4.77. The molecule has 0 heterocycles. The summed E-state index contributed by atoms with van der Waals surface area (Å²) in [5.41, 5.74) is 1.14. The molecule has 0 saturated carbocycles. The molecule has 0 aromatic heterocycles. The van der Waals surface area contributed by atoms with Crippen LogP contribution in [0.4, 0.5) is 8.78 Å². The Kier molecular flexibility index (Phi) is 4.06. The van der Waals surface area contributed by atoms with Crippen LogP contribution in [-0.2, 0) is 5.92 Å². The lowest BCUT2D eigenvalue weighted by Crippen LogP contribution is -2.10. The zero-order valence-corrected chi connectivity index (χ0v) is 10.4. The molecule has 0 fully saturated rings. The van der Waals surface area contributed by atoms with Crippen LogP contribution in [0.2, 0.25) is 0 Å². The molecule has 1 aromatic rings. The molecule has 0 bridgehead atoms. The predicted octanol–water partition coefficient (Wildman–Crippen LogP) is 4.95. The van der Waals surface area contributed by atoms with E-state index in [2.05, 4.69) is 20.8 Å². The summed E-state index contributed by atoms with van der Waals surface area (Å²) in [6, 6.07) is 6.82. The normalized spacial score (nSPS) is 14.2. The van der Waals surface area contributed by atoms with Crippen LogP contribution in [0.15, 0.2) is 24.3 Å². The lowest BCUT2D eigenvalue weighted by atomic mass is 9.85. The van der Waals surface area contributed by atoms with Crippen LogP contribution in [0.5, 0.6) is 0 Å². The first-order chi connectivity index (χ1) is 7.36. The van der Waals surface area contributed by atoms with Gasteiger partial charge in [0.2, 0.25) is 0 Å². The molecule has 0 N–H and O–H groups in total. The Bertz CT molecular complexity index is 337. The van der Waals surface area contributed by atoms with Gasteiger partial charge in [-0.1, -0.05) is 39.0 Å². The summed E-state index contributed by atoms with van der Waals surface area (Å²) in [5.74, 6) is -1.90. The van der Waals surface area contributed by atoms with Crippen LogP contribution in [0.25, 0.3) is 0 Å². The van der Waals surface area contributed by atoms with Crippen molar-refractivity contribution >= 4 is 0 Å². The third-order valence-corrected chi connectivity index (χ3v) is 3.07. The van der Waals surface area contributed by atoms with E-state index < -0.39 is 5.92 Å². The first-order valence-electron chi connectivity index (χ1n) is 5.84. The van der Waals surface area contributed by atoms with E-state index in [4.69, 9.17) is 0 Å². The van der Waals surface area contributed by atoms with E-state index in [9.17, 15) is 8.78 Å². The fourth-order valence-electron chi connectivity index (χ4n) is 2.13. The maximum atomic E-state index is 13.2. The highest BCUT2D eigenvalue weighted by atomic mass is 19.3. The number of hydrogen-bond donors (Lipinski definition) is 0. The van der Waals surface area contributed by atoms with Gasteiger partial charge in [-0.25, -0.2) is 8.78 Å². The summed E-state index contributed by atoms with van der Waals surface area (Å²) in [5, 5.41) is 0. The number of hydrogen-bond acceptors (Lipinski definition) is 0. The zero-order chi connectivity index (χ0) is 12.3. The van der Waals surface area contributed by atoms with Crippen LogP contribution in [-0.4, -0.2) is 0 Å². The van der Waals surface area contributed by atoms with Gasteiger partial charge in [0.25, 0.3) is 5.92 Å². The molecule has 1 unspecified atom stereocenters. The first kappa shape index (κ1) is 13.1. The Morgan fingerprint density at radius 3 is 2.31 bits per heavy atom. The number of alkyl halides is 2. The molecular formula is C14H20F2. The molecule has 2 heteroatoms. The van der Waals surface area contributed by atoms with Gasteiger partial charge in [-0.15, -0.1) is 0 Å². The van der Waals surface area contributed by atoms with Gasteiger partial charge < -0.3 is 0 Å². The first-order valence-corrected chi connectivity index (χ1v) is 5.84. The van der Waals surface area contributed by atoms with Crippen molar-refractivity contribution in [1.82, 2.24) is 0 Å². The topological polar surface area (TPSA) is 0 Å². The minimum absolute atomic E-state index is 0.115. The third kappa shape index (κ3) is 3.03. The summed E-state index contributed by atoms with van der Waals surface area (Å²) >= 11 is 0. The highest BCUT2D eigenvalue weighted by molar-refractivity contribution is 5.29. The maximum absolute atomic E-state index is 13.2. The average molecular weight is 226 g/mol. The van der Waals surface area contributed by atoms with Crippen molar-refractivity contribution in [1.29, 1.82) is 0 Å². The molecule has 90 valence electrons. The molecular weight excluding hydrogens is 206 g/mol. The van der Waals surface area contributed by atoms with Gasteiger partial charge >= 0.3 is 0 Å². The van der Waals surface area contributed by atoms with Gasteiger partial charge in [-0.05, 0) is 29.9 Å². The van der Waals surface area contributed by atoms with E-state index in [-0.39, 0.29) is 5.56 Å². The highest BCUT2D eigenvalue weighted by Crippen LogP contribution is 2.32. The lowest BCUT2D eigenvalue weighted by molar-refractivity contribution is 0.0173. The van der Waals surface area contributed by atoms with Crippen LogP contribution in [0.1, 0.15) is 51.2 Å². The van der Waals surface area contributed by atoms with Gasteiger partial charge in [0.15, 0.2) is 0 Å². The highest BCUT2D eigenvalue weighted by Gasteiger charge is 2.25. The van der Waals surface area contributed by atoms with Crippen LogP contribution >= 0.6 is 0 Å². The Hall–Kier alpha value is -0.920. The maximum Gasteiger partial charge on any atom is 0.270 e. The summed E-state index contributed by atoms with van der Waals surface area (Å²) < 4.78 is 26.4. The number of rotatable bonds is 4. The lowest BCUT2D eigenvalue weighted by Gasteiger charge is -2.21.